The third-order valence-corrected chi connectivity index (χ3v) is 4.89. The van der Waals surface area contributed by atoms with Crippen LogP contribution in [0.3, 0.4) is 0 Å². The quantitative estimate of drug-likeness (QED) is 0.556. The number of thiazole rings is 1. The van der Waals surface area contributed by atoms with E-state index in [4.69, 9.17) is 0 Å². The number of anilines is 1. The Morgan fingerprint density at radius 3 is 2.35 bits per heavy atom. The molecule has 1 aromatic heterocycles. The number of hydrogen-bond donors (Lipinski definition) is 1. The van der Waals surface area contributed by atoms with E-state index >= 15 is 0 Å². The highest BCUT2D eigenvalue weighted by Gasteiger charge is 2.30. The van der Waals surface area contributed by atoms with Crippen LogP contribution < -0.4 is 5.32 Å². The zero-order valence-corrected chi connectivity index (χ0v) is 14.3. The Bertz CT molecular complexity index is 913. The number of rotatable bonds is 4. The van der Waals surface area contributed by atoms with Gasteiger partial charge >= 0.3 is 6.18 Å². The minimum atomic E-state index is -4.43. The number of hydrogen-bond acceptors (Lipinski definition) is 3. The molecule has 0 aliphatic carbocycles. The molecule has 0 saturated heterocycles. The van der Waals surface area contributed by atoms with E-state index < -0.39 is 23.4 Å². The van der Waals surface area contributed by atoms with Crippen LogP contribution in [0.1, 0.15) is 16.8 Å². The van der Waals surface area contributed by atoms with Gasteiger partial charge in [0, 0.05) is 12.1 Å². The first-order valence-corrected chi connectivity index (χ1v) is 8.39. The smallest absolute Gasteiger partial charge is 0.357 e. The maximum Gasteiger partial charge on any atom is 0.416 e. The number of nitrogens with one attached hydrogen (secondary N) is 1. The van der Waals surface area contributed by atoms with Gasteiger partial charge in [0.25, 0.3) is 0 Å². The van der Waals surface area contributed by atoms with E-state index in [1.807, 2.05) is 0 Å². The largest absolute Gasteiger partial charge is 0.416 e. The van der Waals surface area contributed by atoms with Gasteiger partial charge in [0.15, 0.2) is 5.13 Å². The van der Waals surface area contributed by atoms with Crippen LogP contribution in [0.2, 0.25) is 0 Å². The Labute approximate surface area is 150 Å². The molecule has 136 valence electrons. The second-order valence-corrected chi connectivity index (χ2v) is 6.56. The summed E-state index contributed by atoms with van der Waals surface area (Å²) in [5, 5.41) is 3.20. The molecular formula is C18H13F5N2S. The predicted molar refractivity (Wildman–Crippen MR) is 91.0 cm³/mol. The van der Waals surface area contributed by atoms with Crippen LogP contribution in [0.25, 0.3) is 10.4 Å². The van der Waals surface area contributed by atoms with Crippen LogP contribution in [0, 0.1) is 18.6 Å². The van der Waals surface area contributed by atoms with Gasteiger partial charge in [-0.1, -0.05) is 29.5 Å². The van der Waals surface area contributed by atoms with Gasteiger partial charge in [0.2, 0.25) is 0 Å². The van der Waals surface area contributed by atoms with Gasteiger partial charge in [-0.05, 0) is 36.8 Å². The molecule has 2 aromatic carbocycles. The van der Waals surface area contributed by atoms with Crippen LogP contribution in [0.5, 0.6) is 0 Å². The molecule has 0 saturated carbocycles. The molecule has 0 bridgehead atoms. The Balaban J connectivity index is 1.84. The van der Waals surface area contributed by atoms with Gasteiger partial charge < -0.3 is 5.32 Å². The van der Waals surface area contributed by atoms with E-state index in [0.29, 0.717) is 21.3 Å². The number of alkyl halides is 3. The van der Waals surface area contributed by atoms with Crippen molar-refractivity contribution in [2.24, 2.45) is 0 Å². The van der Waals surface area contributed by atoms with Crippen molar-refractivity contribution >= 4 is 16.5 Å². The summed E-state index contributed by atoms with van der Waals surface area (Å²) in [5.41, 5.74) is 0.0532. The molecule has 0 fully saturated rings. The summed E-state index contributed by atoms with van der Waals surface area (Å²) >= 11 is 1.13. The van der Waals surface area contributed by atoms with Gasteiger partial charge in [-0.3, -0.25) is 0 Å². The highest BCUT2D eigenvalue weighted by molar-refractivity contribution is 7.19. The zero-order valence-electron chi connectivity index (χ0n) is 13.5. The Hall–Kier alpha value is -2.48. The van der Waals surface area contributed by atoms with Crippen molar-refractivity contribution in [1.29, 1.82) is 0 Å². The summed E-state index contributed by atoms with van der Waals surface area (Å²) in [6.07, 6.45) is -4.43. The maximum atomic E-state index is 13.7. The normalized spacial score (nSPS) is 11.6. The van der Waals surface area contributed by atoms with Gasteiger partial charge in [-0.25, -0.2) is 13.8 Å². The van der Waals surface area contributed by atoms with Crippen molar-refractivity contribution < 1.29 is 22.0 Å². The monoisotopic (exact) mass is 384 g/mol. The fourth-order valence-corrected chi connectivity index (χ4v) is 3.40. The number of aromatic nitrogens is 1. The van der Waals surface area contributed by atoms with Crippen molar-refractivity contribution in [3.8, 4) is 10.4 Å². The second-order valence-electron chi connectivity index (χ2n) is 5.57. The van der Waals surface area contributed by atoms with E-state index in [1.165, 1.54) is 12.1 Å². The molecule has 8 heteroatoms. The first-order valence-electron chi connectivity index (χ1n) is 7.57. The van der Waals surface area contributed by atoms with E-state index in [2.05, 4.69) is 10.3 Å². The lowest BCUT2D eigenvalue weighted by atomic mass is 10.1. The second kappa shape index (κ2) is 7.03. The number of benzene rings is 2. The average molecular weight is 384 g/mol. The van der Waals surface area contributed by atoms with Crippen LogP contribution >= 0.6 is 11.3 Å². The van der Waals surface area contributed by atoms with Crippen molar-refractivity contribution in [2.75, 3.05) is 5.32 Å². The standard InChI is InChI=1S/C18H13F5N2S/c1-10-16(11-4-2-5-12(8-11)18(21,22)23)26-17(25-10)24-9-13-14(19)6-3-7-15(13)20/h2-8H,9H2,1H3,(H,24,25). The van der Waals surface area contributed by atoms with Gasteiger partial charge in [0.1, 0.15) is 11.6 Å². The SMILES string of the molecule is Cc1nc(NCc2c(F)cccc2F)sc1-c1cccc(C(F)(F)F)c1. The Morgan fingerprint density at radius 2 is 1.69 bits per heavy atom. The van der Waals surface area contributed by atoms with Crippen molar-refractivity contribution in [3.05, 3.63) is 70.9 Å². The number of nitrogens with zero attached hydrogens (tertiary/aromatic N) is 1. The lowest BCUT2D eigenvalue weighted by molar-refractivity contribution is -0.137. The molecular weight excluding hydrogens is 371 g/mol. The lowest BCUT2D eigenvalue weighted by Crippen LogP contribution is -2.04. The molecule has 1 N–H and O–H groups in total. The topological polar surface area (TPSA) is 24.9 Å². The van der Waals surface area contributed by atoms with Gasteiger partial charge in [-0.2, -0.15) is 13.2 Å². The summed E-state index contributed by atoms with van der Waals surface area (Å²) in [4.78, 5) is 4.80. The lowest BCUT2D eigenvalue weighted by Gasteiger charge is -2.08. The molecule has 0 aliphatic rings. The third-order valence-electron chi connectivity index (χ3n) is 3.73. The van der Waals surface area contributed by atoms with Crippen LogP contribution in [-0.2, 0) is 12.7 Å². The molecule has 2 nitrogen and oxygen atoms in total. The van der Waals surface area contributed by atoms with Crippen molar-refractivity contribution in [3.63, 3.8) is 0 Å². The molecule has 0 unspecified atom stereocenters. The summed E-state index contributed by atoms with van der Waals surface area (Å²) in [7, 11) is 0. The summed E-state index contributed by atoms with van der Waals surface area (Å²) in [6.45, 7) is 1.55. The van der Waals surface area contributed by atoms with E-state index in [-0.39, 0.29) is 12.1 Å². The van der Waals surface area contributed by atoms with Crippen LogP contribution in [0.15, 0.2) is 42.5 Å². The Morgan fingerprint density at radius 1 is 1.04 bits per heavy atom. The highest BCUT2D eigenvalue weighted by atomic mass is 32.1. The third kappa shape index (κ3) is 3.85. The molecule has 0 aliphatic heterocycles. The molecule has 0 radical (unpaired) electrons. The molecule has 26 heavy (non-hydrogen) atoms. The molecule has 0 spiro atoms. The molecule has 1 heterocycles. The minimum Gasteiger partial charge on any atom is -0.357 e. The average Bonchev–Trinajstić information content (AvgIpc) is 2.94. The summed E-state index contributed by atoms with van der Waals surface area (Å²) in [5.74, 6) is -1.35. The van der Waals surface area contributed by atoms with E-state index in [0.717, 1.165) is 35.6 Å². The molecule has 3 rings (SSSR count). The predicted octanol–water partition coefficient (Wildman–Crippen LogP) is 6.03. The summed E-state index contributed by atoms with van der Waals surface area (Å²) < 4.78 is 65.9. The maximum absolute atomic E-state index is 13.7. The number of halogens is 5. The first-order chi connectivity index (χ1) is 12.3. The zero-order chi connectivity index (χ0) is 18.9. The molecule has 0 atom stereocenters. The number of aryl methyl sites for hydroxylation is 1. The van der Waals surface area contributed by atoms with E-state index in [1.54, 1.807) is 13.0 Å². The molecule has 3 aromatic rings. The van der Waals surface area contributed by atoms with E-state index in [9.17, 15) is 22.0 Å². The van der Waals surface area contributed by atoms with Crippen LogP contribution in [0.4, 0.5) is 27.1 Å². The van der Waals surface area contributed by atoms with Crippen molar-refractivity contribution in [2.45, 2.75) is 19.6 Å². The van der Waals surface area contributed by atoms with Gasteiger partial charge in [0.05, 0.1) is 16.1 Å². The summed E-state index contributed by atoms with van der Waals surface area (Å²) in [6, 6.07) is 8.53. The van der Waals surface area contributed by atoms with Crippen molar-refractivity contribution in [1.82, 2.24) is 4.98 Å². The van der Waals surface area contributed by atoms with Crippen LogP contribution in [-0.4, -0.2) is 4.98 Å². The highest BCUT2D eigenvalue weighted by Crippen LogP contribution is 2.36. The first kappa shape index (κ1) is 18.3. The molecule has 0 amide bonds. The fraction of sp³-hybridized carbons (Fsp3) is 0.167. The minimum absolute atomic E-state index is 0.118. The Kier molecular flexibility index (Phi) is 4.95. The fourth-order valence-electron chi connectivity index (χ4n) is 2.44. The van der Waals surface area contributed by atoms with Gasteiger partial charge in [-0.15, -0.1) is 0 Å².